The lowest BCUT2D eigenvalue weighted by Gasteiger charge is -2.30. The highest BCUT2D eigenvalue weighted by Crippen LogP contribution is 2.24. The highest BCUT2D eigenvalue weighted by Gasteiger charge is 2.24. The topological polar surface area (TPSA) is 80.1 Å². The Morgan fingerprint density at radius 1 is 1.34 bits per heavy atom. The summed E-state index contributed by atoms with van der Waals surface area (Å²) in [5, 5.41) is 4.98. The third-order valence-electron chi connectivity index (χ3n) is 5.20. The van der Waals surface area contributed by atoms with Gasteiger partial charge in [-0.15, -0.1) is 11.3 Å². The minimum Gasteiger partial charge on any atom is -0.350 e. The van der Waals surface area contributed by atoms with Crippen LogP contribution in [0, 0.1) is 6.92 Å². The fourth-order valence-corrected chi connectivity index (χ4v) is 4.33. The average molecular weight is 410 g/mol. The summed E-state index contributed by atoms with van der Waals surface area (Å²) in [6, 6.07) is 3.97. The molecule has 1 N–H and O–H groups in total. The molecule has 2 amide bonds. The van der Waals surface area contributed by atoms with Crippen LogP contribution in [0.15, 0.2) is 42.4 Å². The van der Waals surface area contributed by atoms with Crippen molar-refractivity contribution in [2.45, 2.75) is 39.4 Å². The number of imidazole rings is 1. The van der Waals surface area contributed by atoms with Crippen molar-refractivity contribution in [3.05, 3.63) is 69.7 Å². The molecular weight excluding hydrogens is 386 g/mol. The summed E-state index contributed by atoms with van der Waals surface area (Å²) in [4.78, 5) is 36.3. The molecule has 0 bridgehead atoms. The number of hydrogen-bond donors (Lipinski definition) is 1. The first-order valence-corrected chi connectivity index (χ1v) is 10.5. The molecule has 0 radical (unpaired) electrons. The number of aryl methyl sites for hydroxylation is 1. The predicted molar refractivity (Wildman–Crippen MR) is 110 cm³/mol. The first-order valence-electron chi connectivity index (χ1n) is 9.59. The van der Waals surface area contributed by atoms with Crippen LogP contribution in [0.25, 0.3) is 0 Å². The minimum absolute atomic E-state index is 0.0661. The van der Waals surface area contributed by atoms with E-state index in [1.165, 1.54) is 5.56 Å². The summed E-state index contributed by atoms with van der Waals surface area (Å²) in [6.45, 7) is 3.91. The van der Waals surface area contributed by atoms with Gasteiger partial charge in [-0.1, -0.05) is 6.07 Å². The molecule has 0 saturated heterocycles. The van der Waals surface area contributed by atoms with Gasteiger partial charge in [-0.05, 0) is 41.5 Å². The number of thiophene rings is 1. The van der Waals surface area contributed by atoms with Crippen molar-refractivity contribution in [3.63, 3.8) is 0 Å². The quantitative estimate of drug-likeness (QED) is 0.676. The van der Waals surface area contributed by atoms with Crippen LogP contribution in [0.1, 0.15) is 27.3 Å². The third kappa shape index (κ3) is 4.54. The molecule has 4 rings (SSSR count). The maximum absolute atomic E-state index is 12.6. The van der Waals surface area contributed by atoms with Crippen LogP contribution in [0.4, 0.5) is 0 Å². The van der Waals surface area contributed by atoms with Crippen LogP contribution in [0.5, 0.6) is 0 Å². The van der Waals surface area contributed by atoms with E-state index in [1.54, 1.807) is 34.6 Å². The van der Waals surface area contributed by atoms with Gasteiger partial charge < -0.3 is 14.8 Å². The van der Waals surface area contributed by atoms with Gasteiger partial charge in [0.05, 0.1) is 12.7 Å². The summed E-state index contributed by atoms with van der Waals surface area (Å²) in [5.74, 6) is 0.0809. The van der Waals surface area contributed by atoms with E-state index in [2.05, 4.69) is 15.3 Å². The molecule has 0 unspecified atom stereocenters. The number of carbonyl (C=O) groups excluding carboxylic acids is 2. The van der Waals surface area contributed by atoms with Crippen LogP contribution >= 0.6 is 11.3 Å². The number of carbonyl (C=O) groups is 2. The molecule has 0 fully saturated rings. The number of pyridine rings is 1. The normalized spacial score (nSPS) is 13.2. The molecule has 3 aromatic rings. The molecule has 4 heterocycles. The molecule has 7 nitrogen and oxygen atoms in total. The zero-order valence-corrected chi connectivity index (χ0v) is 17.1. The van der Waals surface area contributed by atoms with E-state index >= 15 is 0 Å². The molecule has 0 atom stereocenters. The standard InChI is InChI=1S/C21H23N5O2S/c1-15-19(11-24-20(27)13-25-7-5-22-14-25)18-4-6-26(12-16(18)10-23-15)21(28)9-17-3-2-8-29-17/h2-3,5,7-8,10,14H,4,6,9,11-13H2,1H3,(H,24,27). The van der Waals surface area contributed by atoms with E-state index in [0.717, 1.165) is 28.1 Å². The summed E-state index contributed by atoms with van der Waals surface area (Å²) in [6.07, 6.45) is 8.13. The van der Waals surface area contributed by atoms with Crippen molar-refractivity contribution in [3.8, 4) is 0 Å². The number of nitrogens with one attached hydrogen (secondary N) is 1. The molecule has 8 heteroatoms. The van der Waals surface area contributed by atoms with Crippen LogP contribution < -0.4 is 5.32 Å². The first kappa shape index (κ1) is 19.3. The lowest BCUT2D eigenvalue weighted by atomic mass is 9.94. The summed E-state index contributed by atoms with van der Waals surface area (Å²) in [7, 11) is 0. The average Bonchev–Trinajstić information content (AvgIpc) is 3.41. The Morgan fingerprint density at radius 2 is 2.24 bits per heavy atom. The molecule has 0 spiro atoms. The van der Waals surface area contributed by atoms with Crippen molar-refractivity contribution in [1.29, 1.82) is 0 Å². The molecule has 0 aromatic carbocycles. The highest BCUT2D eigenvalue weighted by atomic mass is 32.1. The SMILES string of the molecule is Cc1ncc2c(c1CNC(=O)Cn1ccnc1)CCN(C(=O)Cc1cccs1)C2. The maximum Gasteiger partial charge on any atom is 0.240 e. The number of aromatic nitrogens is 3. The van der Waals surface area contributed by atoms with Gasteiger partial charge in [0.15, 0.2) is 0 Å². The zero-order valence-electron chi connectivity index (χ0n) is 16.3. The number of rotatable bonds is 6. The number of nitrogens with zero attached hydrogens (tertiary/aromatic N) is 4. The molecule has 0 saturated carbocycles. The summed E-state index contributed by atoms with van der Waals surface area (Å²) < 4.78 is 1.73. The van der Waals surface area contributed by atoms with Crippen LogP contribution in [-0.2, 0) is 42.1 Å². The molecule has 150 valence electrons. The van der Waals surface area contributed by atoms with Gasteiger partial charge in [-0.3, -0.25) is 14.6 Å². The van der Waals surface area contributed by atoms with Gasteiger partial charge in [0.1, 0.15) is 6.54 Å². The Bertz CT molecular complexity index is 999. The minimum atomic E-state index is -0.0661. The lowest BCUT2D eigenvalue weighted by Crippen LogP contribution is -2.38. The second kappa shape index (κ2) is 8.57. The Hall–Kier alpha value is -3.00. The van der Waals surface area contributed by atoms with E-state index in [9.17, 15) is 9.59 Å². The van der Waals surface area contributed by atoms with Gasteiger partial charge in [0, 0.05) is 48.8 Å². The van der Waals surface area contributed by atoms with Crippen molar-refractivity contribution in [2.75, 3.05) is 6.54 Å². The summed E-state index contributed by atoms with van der Waals surface area (Å²) in [5.41, 5.74) is 4.26. The van der Waals surface area contributed by atoms with Crippen molar-refractivity contribution < 1.29 is 9.59 Å². The molecular formula is C21H23N5O2S. The van der Waals surface area contributed by atoms with Gasteiger partial charge in [0.2, 0.25) is 11.8 Å². The van der Waals surface area contributed by atoms with E-state index in [-0.39, 0.29) is 18.4 Å². The third-order valence-corrected chi connectivity index (χ3v) is 6.08. The van der Waals surface area contributed by atoms with Crippen molar-refractivity contribution in [1.82, 2.24) is 24.8 Å². The highest BCUT2D eigenvalue weighted by molar-refractivity contribution is 7.10. The Labute approximate surface area is 173 Å². The fraction of sp³-hybridized carbons (Fsp3) is 0.333. The van der Waals surface area contributed by atoms with Crippen LogP contribution in [0.3, 0.4) is 0 Å². The second-order valence-electron chi connectivity index (χ2n) is 7.16. The Morgan fingerprint density at radius 3 is 3.00 bits per heavy atom. The predicted octanol–water partition coefficient (Wildman–Crippen LogP) is 2.09. The van der Waals surface area contributed by atoms with Crippen molar-refractivity contribution >= 4 is 23.2 Å². The molecule has 3 aromatic heterocycles. The molecule has 29 heavy (non-hydrogen) atoms. The Balaban J connectivity index is 1.42. The van der Waals surface area contributed by atoms with Gasteiger partial charge in [-0.2, -0.15) is 0 Å². The smallest absolute Gasteiger partial charge is 0.240 e. The molecule has 1 aliphatic heterocycles. The zero-order chi connectivity index (χ0) is 20.2. The molecule has 0 aliphatic carbocycles. The maximum atomic E-state index is 12.6. The van der Waals surface area contributed by atoms with Crippen molar-refractivity contribution in [2.24, 2.45) is 0 Å². The first-order chi connectivity index (χ1) is 14.1. The van der Waals surface area contributed by atoms with Gasteiger partial charge in [0.25, 0.3) is 0 Å². The second-order valence-corrected chi connectivity index (χ2v) is 8.19. The number of fused-ring (bicyclic) bond motifs is 1. The lowest BCUT2D eigenvalue weighted by molar-refractivity contribution is -0.131. The number of amides is 2. The van der Waals surface area contributed by atoms with Crippen LogP contribution in [0.2, 0.25) is 0 Å². The van der Waals surface area contributed by atoms with Crippen LogP contribution in [-0.4, -0.2) is 37.8 Å². The van der Waals surface area contributed by atoms with E-state index in [0.29, 0.717) is 26.1 Å². The van der Waals surface area contributed by atoms with E-state index in [1.807, 2.05) is 35.5 Å². The van der Waals surface area contributed by atoms with Gasteiger partial charge in [-0.25, -0.2) is 4.98 Å². The fourth-order valence-electron chi connectivity index (χ4n) is 3.63. The number of hydrogen-bond acceptors (Lipinski definition) is 5. The largest absolute Gasteiger partial charge is 0.350 e. The summed E-state index contributed by atoms with van der Waals surface area (Å²) >= 11 is 1.61. The molecule has 1 aliphatic rings. The van der Waals surface area contributed by atoms with E-state index in [4.69, 9.17) is 0 Å². The monoisotopic (exact) mass is 409 g/mol. The van der Waals surface area contributed by atoms with E-state index < -0.39 is 0 Å². The Kier molecular flexibility index (Phi) is 5.71. The van der Waals surface area contributed by atoms with Gasteiger partial charge >= 0.3 is 0 Å².